The van der Waals surface area contributed by atoms with Gasteiger partial charge in [-0.2, -0.15) is 0 Å². The van der Waals surface area contributed by atoms with Crippen LogP contribution in [0.4, 0.5) is 0 Å². The molecule has 8 heteroatoms. The molecule has 0 spiro atoms. The normalized spacial score (nSPS) is 11.4. The summed E-state index contributed by atoms with van der Waals surface area (Å²) in [5.74, 6) is 1.74. The van der Waals surface area contributed by atoms with E-state index in [-0.39, 0.29) is 24.0 Å². The van der Waals surface area contributed by atoms with Crippen molar-refractivity contribution in [3.8, 4) is 0 Å². The predicted octanol–water partition coefficient (Wildman–Crippen LogP) is 3.61. The summed E-state index contributed by atoms with van der Waals surface area (Å²) in [5.41, 5.74) is 1.84. The Hall–Kier alpha value is -1.55. The minimum absolute atomic E-state index is 0. The van der Waals surface area contributed by atoms with Crippen LogP contribution in [0.25, 0.3) is 5.65 Å². The minimum Gasteiger partial charge on any atom is -0.469 e. The molecule has 0 fully saturated rings. The molecule has 3 rings (SSSR count). The number of nitrogens with one attached hydrogen (secondary N) is 2. The topological polar surface area (TPSA) is 66.9 Å². The monoisotopic (exact) mass is 517 g/mol. The fourth-order valence-electron chi connectivity index (χ4n) is 2.35. The van der Waals surface area contributed by atoms with Gasteiger partial charge in [-0.1, -0.05) is 0 Å². The molecular formula is C17H21BrIN5O. The Bertz CT molecular complexity index is 816. The van der Waals surface area contributed by atoms with E-state index >= 15 is 0 Å². The summed E-state index contributed by atoms with van der Waals surface area (Å²) in [4.78, 5) is 9.17. The zero-order chi connectivity index (χ0) is 16.8. The molecule has 0 aliphatic rings. The number of aromatic nitrogens is 2. The Morgan fingerprint density at radius 3 is 2.92 bits per heavy atom. The first-order valence-electron chi connectivity index (χ1n) is 7.92. The Morgan fingerprint density at radius 1 is 1.28 bits per heavy atom. The molecule has 2 N–H and O–H groups in total. The molecule has 0 bridgehead atoms. The number of aliphatic imine (C=N–C) groups is 1. The lowest BCUT2D eigenvalue weighted by Crippen LogP contribution is -2.38. The third kappa shape index (κ3) is 5.74. The minimum atomic E-state index is 0. The molecule has 0 unspecified atom stereocenters. The first-order chi connectivity index (χ1) is 11.7. The molecule has 3 heterocycles. The van der Waals surface area contributed by atoms with Crippen molar-refractivity contribution in [1.29, 1.82) is 0 Å². The number of fused-ring (bicyclic) bond motifs is 1. The third-order valence-electron chi connectivity index (χ3n) is 3.45. The maximum Gasteiger partial charge on any atom is 0.191 e. The molecule has 0 aromatic carbocycles. The van der Waals surface area contributed by atoms with Crippen molar-refractivity contribution in [1.82, 2.24) is 20.0 Å². The fraction of sp³-hybridized carbons (Fsp3) is 0.294. The lowest BCUT2D eigenvalue weighted by molar-refractivity contribution is 0.507. The molecular weight excluding hydrogens is 497 g/mol. The lowest BCUT2D eigenvalue weighted by Gasteiger charge is -2.10. The predicted molar refractivity (Wildman–Crippen MR) is 114 cm³/mol. The molecule has 0 amide bonds. The van der Waals surface area contributed by atoms with Crippen LogP contribution in [0.1, 0.15) is 18.4 Å². The van der Waals surface area contributed by atoms with Crippen molar-refractivity contribution < 1.29 is 4.42 Å². The number of hydrogen-bond donors (Lipinski definition) is 2. The summed E-state index contributed by atoms with van der Waals surface area (Å²) >= 11 is 3.47. The van der Waals surface area contributed by atoms with Crippen LogP contribution in [-0.4, -0.2) is 28.4 Å². The van der Waals surface area contributed by atoms with Crippen molar-refractivity contribution in [2.24, 2.45) is 4.99 Å². The summed E-state index contributed by atoms with van der Waals surface area (Å²) in [6, 6.07) is 7.83. The zero-order valence-electron chi connectivity index (χ0n) is 13.9. The second kappa shape index (κ2) is 9.81. The second-order valence-electron chi connectivity index (χ2n) is 5.30. The SMILES string of the molecule is CCNC(=NCc1cn2cc(Br)ccc2n1)NCCc1ccco1.I. The van der Waals surface area contributed by atoms with Gasteiger partial charge in [0.15, 0.2) is 5.96 Å². The Balaban J connectivity index is 0.00000225. The maximum atomic E-state index is 5.33. The Morgan fingerprint density at radius 2 is 2.16 bits per heavy atom. The smallest absolute Gasteiger partial charge is 0.191 e. The molecule has 0 saturated carbocycles. The first-order valence-corrected chi connectivity index (χ1v) is 8.71. The molecule has 25 heavy (non-hydrogen) atoms. The molecule has 3 aromatic heterocycles. The third-order valence-corrected chi connectivity index (χ3v) is 3.92. The van der Waals surface area contributed by atoms with Gasteiger partial charge in [0.05, 0.1) is 18.5 Å². The quantitative estimate of drug-likeness (QED) is 0.298. The highest BCUT2D eigenvalue weighted by molar-refractivity contribution is 14.0. The van der Waals surface area contributed by atoms with Crippen LogP contribution in [0.2, 0.25) is 0 Å². The van der Waals surface area contributed by atoms with Crippen LogP contribution in [0.15, 0.2) is 56.8 Å². The molecule has 0 saturated heterocycles. The molecule has 0 aliphatic carbocycles. The van der Waals surface area contributed by atoms with Crippen LogP contribution in [-0.2, 0) is 13.0 Å². The Labute approximate surface area is 172 Å². The molecule has 134 valence electrons. The summed E-state index contributed by atoms with van der Waals surface area (Å²) in [6.45, 7) is 4.14. The van der Waals surface area contributed by atoms with Crippen LogP contribution in [0.3, 0.4) is 0 Å². The Kier molecular flexibility index (Phi) is 7.76. The van der Waals surface area contributed by atoms with Gasteiger partial charge in [0, 0.05) is 36.4 Å². The van der Waals surface area contributed by atoms with Gasteiger partial charge in [-0.25, -0.2) is 9.98 Å². The standard InChI is InChI=1S/C17H20BrN5O.HI/c1-2-19-17(20-8-7-15-4-3-9-24-15)21-10-14-12-23-11-13(18)5-6-16(23)22-14;/h3-6,9,11-12H,2,7-8,10H2,1H3,(H2,19,20,21);1H. The molecule has 3 aromatic rings. The van der Waals surface area contributed by atoms with Gasteiger partial charge in [-0.3, -0.25) is 0 Å². The fourth-order valence-corrected chi connectivity index (χ4v) is 2.71. The van der Waals surface area contributed by atoms with Gasteiger partial charge < -0.3 is 19.5 Å². The van der Waals surface area contributed by atoms with E-state index < -0.39 is 0 Å². The number of guanidine groups is 1. The van der Waals surface area contributed by atoms with Gasteiger partial charge >= 0.3 is 0 Å². The lowest BCUT2D eigenvalue weighted by atomic mass is 10.3. The first kappa shape index (κ1) is 19.8. The van der Waals surface area contributed by atoms with Crippen LogP contribution in [0, 0.1) is 0 Å². The van der Waals surface area contributed by atoms with E-state index in [2.05, 4.69) is 36.5 Å². The van der Waals surface area contributed by atoms with Gasteiger partial charge in [0.25, 0.3) is 0 Å². The summed E-state index contributed by atoms with van der Waals surface area (Å²) < 4.78 is 8.35. The van der Waals surface area contributed by atoms with Crippen molar-refractivity contribution >= 4 is 51.5 Å². The van der Waals surface area contributed by atoms with Gasteiger partial charge in [0.2, 0.25) is 0 Å². The van der Waals surface area contributed by atoms with E-state index in [0.717, 1.165) is 47.0 Å². The van der Waals surface area contributed by atoms with E-state index in [1.807, 2.05) is 48.0 Å². The van der Waals surface area contributed by atoms with Crippen molar-refractivity contribution in [3.63, 3.8) is 0 Å². The van der Waals surface area contributed by atoms with E-state index in [9.17, 15) is 0 Å². The second-order valence-corrected chi connectivity index (χ2v) is 6.21. The van der Waals surface area contributed by atoms with Crippen LogP contribution >= 0.6 is 39.9 Å². The van der Waals surface area contributed by atoms with Gasteiger partial charge in [-0.05, 0) is 47.1 Å². The maximum absolute atomic E-state index is 5.33. The van der Waals surface area contributed by atoms with E-state index in [1.165, 1.54) is 0 Å². The highest BCUT2D eigenvalue weighted by Gasteiger charge is 2.03. The molecule has 0 aliphatic heterocycles. The summed E-state index contributed by atoms with van der Waals surface area (Å²) in [6.07, 6.45) is 6.49. The van der Waals surface area contributed by atoms with E-state index in [0.29, 0.717) is 6.54 Å². The van der Waals surface area contributed by atoms with Crippen LogP contribution < -0.4 is 10.6 Å². The zero-order valence-corrected chi connectivity index (χ0v) is 17.8. The average Bonchev–Trinajstić information content (AvgIpc) is 3.21. The molecule has 6 nitrogen and oxygen atoms in total. The van der Waals surface area contributed by atoms with Gasteiger partial charge in [0.1, 0.15) is 11.4 Å². The number of imidazole rings is 1. The van der Waals surface area contributed by atoms with Gasteiger partial charge in [-0.15, -0.1) is 24.0 Å². The number of pyridine rings is 1. The number of hydrogen-bond acceptors (Lipinski definition) is 3. The summed E-state index contributed by atoms with van der Waals surface area (Å²) in [7, 11) is 0. The largest absolute Gasteiger partial charge is 0.469 e. The number of halogens is 2. The number of nitrogens with zero attached hydrogens (tertiary/aromatic N) is 3. The molecule has 0 radical (unpaired) electrons. The highest BCUT2D eigenvalue weighted by Crippen LogP contribution is 2.12. The number of rotatable bonds is 6. The van der Waals surface area contributed by atoms with E-state index in [1.54, 1.807) is 6.26 Å². The van der Waals surface area contributed by atoms with Crippen molar-refractivity contribution in [2.75, 3.05) is 13.1 Å². The van der Waals surface area contributed by atoms with E-state index in [4.69, 9.17) is 4.42 Å². The van der Waals surface area contributed by atoms with Crippen molar-refractivity contribution in [2.45, 2.75) is 19.9 Å². The average molecular weight is 518 g/mol. The van der Waals surface area contributed by atoms with Crippen molar-refractivity contribution in [3.05, 3.63) is 58.8 Å². The summed E-state index contributed by atoms with van der Waals surface area (Å²) in [5, 5.41) is 6.55. The molecule has 0 atom stereocenters. The highest BCUT2D eigenvalue weighted by atomic mass is 127. The number of furan rings is 1. The van der Waals surface area contributed by atoms with Crippen LogP contribution in [0.5, 0.6) is 0 Å².